The molecule has 26 heavy (non-hydrogen) atoms. The molecule has 0 unspecified atom stereocenters. The van der Waals surface area contributed by atoms with Crippen LogP contribution in [0.4, 0.5) is 0 Å². The van der Waals surface area contributed by atoms with E-state index in [1.165, 1.54) is 0 Å². The van der Waals surface area contributed by atoms with E-state index in [-0.39, 0.29) is 6.61 Å². The molecule has 2 aromatic carbocycles. The summed E-state index contributed by atoms with van der Waals surface area (Å²) < 4.78 is 7.55. The number of hydrogen-bond donors (Lipinski definition) is 3. The Hall–Kier alpha value is -1.90. The third-order valence-corrected chi connectivity index (χ3v) is 5.57. The molecule has 4 rings (SSSR count). The first kappa shape index (κ1) is 17.5. The lowest BCUT2D eigenvalue weighted by atomic mass is 10.1. The van der Waals surface area contributed by atoms with Crippen molar-refractivity contribution < 1.29 is 20.1 Å². The molecule has 1 aliphatic heterocycles. The van der Waals surface area contributed by atoms with Gasteiger partial charge >= 0.3 is 0 Å². The smallest absolute Gasteiger partial charge is 0.171 e. The lowest BCUT2D eigenvalue weighted by Gasteiger charge is -2.19. The van der Waals surface area contributed by atoms with Crippen molar-refractivity contribution in [3.8, 4) is 0 Å². The Bertz CT molecular complexity index is 886. The highest BCUT2D eigenvalue weighted by atomic mass is 32.2. The number of aliphatic hydroxyl groups is 3. The van der Waals surface area contributed by atoms with Crippen molar-refractivity contribution >= 4 is 22.8 Å². The zero-order chi connectivity index (χ0) is 18.1. The molecule has 3 aromatic rings. The van der Waals surface area contributed by atoms with Gasteiger partial charge in [-0.15, -0.1) is 0 Å². The monoisotopic (exact) mass is 372 g/mol. The van der Waals surface area contributed by atoms with E-state index >= 15 is 0 Å². The molecule has 2 heterocycles. The van der Waals surface area contributed by atoms with Crippen LogP contribution >= 0.6 is 11.8 Å². The van der Waals surface area contributed by atoms with E-state index in [4.69, 9.17) is 4.74 Å². The van der Waals surface area contributed by atoms with Gasteiger partial charge in [0.1, 0.15) is 18.3 Å². The first-order chi connectivity index (χ1) is 12.7. The third kappa shape index (κ3) is 3.13. The van der Waals surface area contributed by atoms with Crippen molar-refractivity contribution in [2.45, 2.75) is 35.4 Å². The van der Waals surface area contributed by atoms with Crippen LogP contribution in [0.3, 0.4) is 0 Å². The summed E-state index contributed by atoms with van der Waals surface area (Å²) in [7, 11) is 0. The van der Waals surface area contributed by atoms with Gasteiger partial charge in [0.15, 0.2) is 11.4 Å². The SMILES string of the molecule is OC[C@H]1O[C@@H](n2c(SCc3ccccc3)nc3ccccc32)[C@H](O)[C@@H]1O. The van der Waals surface area contributed by atoms with E-state index in [0.29, 0.717) is 5.16 Å². The Morgan fingerprint density at radius 3 is 2.46 bits per heavy atom. The number of imidazole rings is 1. The van der Waals surface area contributed by atoms with Gasteiger partial charge in [0.2, 0.25) is 0 Å². The molecular formula is C19H20N2O4S. The number of fused-ring (bicyclic) bond motifs is 1. The topological polar surface area (TPSA) is 87.7 Å². The van der Waals surface area contributed by atoms with Crippen LogP contribution in [-0.4, -0.2) is 49.8 Å². The van der Waals surface area contributed by atoms with Crippen molar-refractivity contribution in [2.24, 2.45) is 0 Å². The number of benzene rings is 2. The average Bonchev–Trinajstić information content (AvgIpc) is 3.18. The molecule has 136 valence electrons. The summed E-state index contributed by atoms with van der Waals surface area (Å²) in [6.07, 6.45) is -3.89. The second kappa shape index (κ2) is 7.38. The molecule has 0 radical (unpaired) electrons. The molecule has 0 spiro atoms. The number of aromatic nitrogens is 2. The second-order valence-electron chi connectivity index (χ2n) is 6.26. The molecule has 0 bridgehead atoms. The molecule has 1 saturated heterocycles. The summed E-state index contributed by atoms with van der Waals surface area (Å²) in [5.41, 5.74) is 2.77. The van der Waals surface area contributed by atoms with Crippen LogP contribution in [0.5, 0.6) is 0 Å². The largest absolute Gasteiger partial charge is 0.394 e. The molecule has 3 N–H and O–H groups in total. The fourth-order valence-electron chi connectivity index (χ4n) is 3.19. The minimum Gasteiger partial charge on any atom is -0.394 e. The lowest BCUT2D eigenvalue weighted by molar-refractivity contribution is -0.0546. The van der Waals surface area contributed by atoms with Crippen LogP contribution in [-0.2, 0) is 10.5 Å². The zero-order valence-corrected chi connectivity index (χ0v) is 14.8. The van der Waals surface area contributed by atoms with E-state index in [9.17, 15) is 15.3 Å². The summed E-state index contributed by atoms with van der Waals surface area (Å²) in [6, 6.07) is 17.7. The second-order valence-corrected chi connectivity index (χ2v) is 7.20. The summed E-state index contributed by atoms with van der Waals surface area (Å²) in [5.74, 6) is 0.721. The van der Waals surface area contributed by atoms with Gasteiger partial charge in [0.05, 0.1) is 17.6 Å². The van der Waals surface area contributed by atoms with Gasteiger partial charge in [0.25, 0.3) is 0 Å². The average molecular weight is 372 g/mol. The van der Waals surface area contributed by atoms with E-state index < -0.39 is 24.5 Å². The molecule has 1 aromatic heterocycles. The first-order valence-electron chi connectivity index (χ1n) is 8.45. The number of ether oxygens (including phenoxy) is 1. The molecule has 0 amide bonds. The van der Waals surface area contributed by atoms with E-state index in [1.807, 2.05) is 59.2 Å². The predicted octanol–water partition coefficient (Wildman–Crippen LogP) is 1.94. The zero-order valence-electron chi connectivity index (χ0n) is 14.0. The molecule has 7 heteroatoms. The quantitative estimate of drug-likeness (QED) is 0.594. The van der Waals surface area contributed by atoms with Crippen LogP contribution in [0.15, 0.2) is 59.8 Å². The van der Waals surface area contributed by atoms with Gasteiger partial charge in [-0.05, 0) is 17.7 Å². The van der Waals surface area contributed by atoms with Crippen LogP contribution in [0, 0.1) is 0 Å². The van der Waals surface area contributed by atoms with Gasteiger partial charge < -0.3 is 20.1 Å². The molecule has 6 nitrogen and oxygen atoms in total. The lowest BCUT2D eigenvalue weighted by Crippen LogP contribution is -2.33. The Morgan fingerprint density at radius 1 is 1.00 bits per heavy atom. The highest BCUT2D eigenvalue weighted by Crippen LogP contribution is 2.36. The standard InChI is InChI=1S/C19H20N2O4S/c22-10-15-16(23)17(24)18(25-15)21-14-9-5-4-8-13(14)20-19(21)26-11-12-6-2-1-3-7-12/h1-9,15-18,22-24H,10-11H2/t15-,16-,17-,18-/m1/s1. The number of hydrogen-bond acceptors (Lipinski definition) is 6. The molecule has 4 atom stereocenters. The van der Waals surface area contributed by atoms with Crippen LogP contribution in [0.1, 0.15) is 11.8 Å². The molecule has 0 aliphatic carbocycles. The minimum atomic E-state index is -1.14. The normalized spacial score (nSPS) is 25.8. The van der Waals surface area contributed by atoms with Crippen molar-refractivity contribution in [2.75, 3.05) is 6.61 Å². The predicted molar refractivity (Wildman–Crippen MR) is 98.7 cm³/mol. The Balaban J connectivity index is 1.70. The van der Waals surface area contributed by atoms with Gasteiger partial charge in [0, 0.05) is 5.75 Å². The maximum absolute atomic E-state index is 10.5. The summed E-state index contributed by atoms with van der Waals surface area (Å²) >= 11 is 1.54. The number of rotatable bonds is 5. The number of para-hydroxylation sites is 2. The first-order valence-corrected chi connectivity index (χ1v) is 9.43. The summed E-state index contributed by atoms with van der Waals surface area (Å²) in [4.78, 5) is 4.67. The Labute approximate surface area is 155 Å². The van der Waals surface area contributed by atoms with Crippen LogP contribution in [0.2, 0.25) is 0 Å². The minimum absolute atomic E-state index is 0.353. The number of aliphatic hydroxyl groups excluding tert-OH is 3. The van der Waals surface area contributed by atoms with Crippen molar-refractivity contribution in [1.29, 1.82) is 0 Å². The highest BCUT2D eigenvalue weighted by molar-refractivity contribution is 7.98. The van der Waals surface area contributed by atoms with Crippen molar-refractivity contribution in [3.05, 3.63) is 60.2 Å². The summed E-state index contributed by atoms with van der Waals surface area (Å²) in [5, 5.41) is 30.7. The van der Waals surface area contributed by atoms with Gasteiger partial charge in [-0.3, -0.25) is 4.57 Å². The Kier molecular flexibility index (Phi) is 4.97. The van der Waals surface area contributed by atoms with E-state index in [0.717, 1.165) is 22.3 Å². The summed E-state index contributed by atoms with van der Waals surface area (Å²) in [6.45, 7) is -0.353. The van der Waals surface area contributed by atoms with Gasteiger partial charge in [-0.25, -0.2) is 4.98 Å². The molecule has 1 fully saturated rings. The highest BCUT2D eigenvalue weighted by Gasteiger charge is 2.44. The molecule has 1 aliphatic rings. The van der Waals surface area contributed by atoms with Crippen LogP contribution < -0.4 is 0 Å². The third-order valence-electron chi connectivity index (χ3n) is 4.55. The maximum Gasteiger partial charge on any atom is 0.171 e. The van der Waals surface area contributed by atoms with E-state index in [1.54, 1.807) is 11.8 Å². The fourth-order valence-corrected chi connectivity index (χ4v) is 4.18. The fraction of sp³-hybridized carbons (Fsp3) is 0.316. The molecular weight excluding hydrogens is 352 g/mol. The van der Waals surface area contributed by atoms with Gasteiger partial charge in [-0.1, -0.05) is 54.2 Å². The van der Waals surface area contributed by atoms with Crippen LogP contribution in [0.25, 0.3) is 11.0 Å². The van der Waals surface area contributed by atoms with Gasteiger partial charge in [-0.2, -0.15) is 0 Å². The molecule has 0 saturated carbocycles. The van der Waals surface area contributed by atoms with E-state index in [2.05, 4.69) is 4.98 Å². The number of nitrogens with zero attached hydrogens (tertiary/aromatic N) is 2. The van der Waals surface area contributed by atoms with Crippen molar-refractivity contribution in [1.82, 2.24) is 9.55 Å². The maximum atomic E-state index is 10.5. The Morgan fingerprint density at radius 2 is 1.73 bits per heavy atom. The van der Waals surface area contributed by atoms with Crippen molar-refractivity contribution in [3.63, 3.8) is 0 Å². The number of thioether (sulfide) groups is 1.